The van der Waals surface area contributed by atoms with Gasteiger partial charge in [-0.1, -0.05) is 37.6 Å². The molecule has 0 radical (unpaired) electrons. The number of rotatable bonds is 7. The van der Waals surface area contributed by atoms with Crippen LogP contribution in [0, 0.1) is 5.41 Å². The molecule has 1 rings (SSSR count). The first-order chi connectivity index (χ1) is 11.7. The molecule has 0 aliphatic rings. The predicted molar refractivity (Wildman–Crippen MR) is 104 cm³/mol. The summed E-state index contributed by atoms with van der Waals surface area (Å²) in [5, 5.41) is 13.7. The highest BCUT2D eigenvalue weighted by atomic mass is 16.3. The van der Waals surface area contributed by atoms with E-state index >= 15 is 0 Å². The number of nitrogens with one attached hydrogen (secondary N) is 1. The Bertz CT molecular complexity index is 717. The second-order valence-electron chi connectivity index (χ2n) is 6.93. The average molecular weight is 340 g/mol. The van der Waals surface area contributed by atoms with Crippen LogP contribution < -0.4 is 5.43 Å². The molecule has 0 aromatic heterocycles. The number of hydrogen-bond donors (Lipinski definition) is 2. The zero-order valence-corrected chi connectivity index (χ0v) is 15.8. The number of carbonyl (C=O) groups excluding carboxylic acids is 1. The fourth-order valence-electron chi connectivity index (χ4n) is 1.98. The summed E-state index contributed by atoms with van der Waals surface area (Å²) in [6, 6.07) is 6.36. The van der Waals surface area contributed by atoms with E-state index in [1.807, 2.05) is 19.9 Å². The quantitative estimate of drug-likeness (QED) is 0.318. The minimum atomic E-state index is -0.442. The molecule has 4 nitrogen and oxygen atoms in total. The standard InChI is InChI=1S/C21H28N2O2/c1-16(2)9-8-10-17(3)13-14-21(4,5)15-22-23-20(25)18-11-6-7-12-19(18)24/h6-7,9,11-12,14-15,24H,8,10H2,1-5H3,(H,23,25). The van der Waals surface area contributed by atoms with Gasteiger partial charge in [0.15, 0.2) is 0 Å². The van der Waals surface area contributed by atoms with Gasteiger partial charge in [0.1, 0.15) is 5.75 Å². The summed E-state index contributed by atoms with van der Waals surface area (Å²) in [7, 11) is 0. The number of hydrazone groups is 1. The van der Waals surface area contributed by atoms with E-state index in [0.29, 0.717) is 0 Å². The summed E-state index contributed by atoms with van der Waals surface area (Å²) in [6.07, 6.45) is 7.80. The molecule has 0 bridgehead atoms. The topological polar surface area (TPSA) is 61.7 Å². The Balaban J connectivity index is 2.65. The van der Waals surface area contributed by atoms with E-state index in [1.54, 1.807) is 24.4 Å². The molecular weight excluding hydrogens is 312 g/mol. The van der Waals surface area contributed by atoms with Gasteiger partial charge in [0.25, 0.3) is 5.91 Å². The molecule has 1 aromatic rings. The number of amides is 1. The average Bonchev–Trinajstić information content (AvgIpc) is 2.53. The number of aromatic hydroxyl groups is 1. The Morgan fingerprint density at radius 2 is 1.96 bits per heavy atom. The first-order valence-corrected chi connectivity index (χ1v) is 8.40. The van der Waals surface area contributed by atoms with Crippen LogP contribution in [0.5, 0.6) is 5.75 Å². The second-order valence-corrected chi connectivity index (χ2v) is 6.93. The largest absolute Gasteiger partial charge is 0.507 e. The van der Waals surface area contributed by atoms with Gasteiger partial charge >= 0.3 is 0 Å². The normalized spacial score (nSPS) is 10.9. The van der Waals surface area contributed by atoms with Crippen molar-refractivity contribution in [1.29, 1.82) is 0 Å². The monoisotopic (exact) mass is 340 g/mol. The van der Waals surface area contributed by atoms with Gasteiger partial charge in [-0.2, -0.15) is 5.10 Å². The Labute approximate surface area is 150 Å². The van der Waals surface area contributed by atoms with E-state index in [1.165, 1.54) is 17.2 Å². The molecule has 1 amide bonds. The summed E-state index contributed by atoms with van der Waals surface area (Å²) in [6.45, 7) is 10.2. The van der Waals surface area contributed by atoms with Gasteiger partial charge in [-0.15, -0.1) is 5.73 Å². The maximum absolute atomic E-state index is 12.0. The van der Waals surface area contributed by atoms with Gasteiger partial charge in [-0.05, 0) is 57.4 Å². The fourth-order valence-corrected chi connectivity index (χ4v) is 1.98. The van der Waals surface area contributed by atoms with Gasteiger partial charge in [0, 0.05) is 11.6 Å². The molecule has 0 heterocycles. The number of phenols is 1. The zero-order valence-electron chi connectivity index (χ0n) is 15.8. The predicted octanol–water partition coefficient (Wildman–Crippen LogP) is 4.98. The summed E-state index contributed by atoms with van der Waals surface area (Å²) < 4.78 is 0. The molecule has 0 aliphatic heterocycles. The van der Waals surface area contributed by atoms with Crippen molar-refractivity contribution >= 4 is 12.1 Å². The third-order valence-electron chi connectivity index (χ3n) is 3.47. The first-order valence-electron chi connectivity index (χ1n) is 8.40. The maximum atomic E-state index is 12.0. The van der Waals surface area contributed by atoms with Gasteiger partial charge in [-0.25, -0.2) is 5.43 Å². The number of para-hydroxylation sites is 1. The van der Waals surface area contributed by atoms with Crippen LogP contribution in [0.15, 0.2) is 58.4 Å². The molecule has 0 saturated carbocycles. The van der Waals surface area contributed by atoms with Crippen LogP contribution >= 0.6 is 0 Å². The number of benzene rings is 1. The van der Waals surface area contributed by atoms with Crippen LogP contribution in [0.2, 0.25) is 0 Å². The minimum absolute atomic E-state index is 0.0655. The Morgan fingerprint density at radius 1 is 1.28 bits per heavy atom. The number of carbonyl (C=O) groups is 1. The van der Waals surface area contributed by atoms with E-state index in [9.17, 15) is 9.90 Å². The summed E-state index contributed by atoms with van der Waals surface area (Å²) >= 11 is 0. The molecule has 0 unspecified atom stereocenters. The van der Waals surface area contributed by atoms with Crippen LogP contribution in [0.4, 0.5) is 0 Å². The van der Waals surface area contributed by atoms with Gasteiger partial charge in [0.05, 0.1) is 5.56 Å². The van der Waals surface area contributed by atoms with Gasteiger partial charge < -0.3 is 5.11 Å². The lowest BCUT2D eigenvalue weighted by Gasteiger charge is -2.12. The lowest BCUT2D eigenvalue weighted by molar-refractivity contribution is 0.0952. The van der Waals surface area contributed by atoms with Gasteiger partial charge in [0.2, 0.25) is 0 Å². The smallest absolute Gasteiger partial charge is 0.275 e. The fraction of sp³-hybridized carbons (Fsp3) is 0.381. The Kier molecular flexibility index (Phi) is 7.90. The molecule has 0 fully saturated rings. The molecule has 2 N–H and O–H groups in total. The molecular formula is C21H28N2O2. The molecule has 0 aliphatic carbocycles. The summed E-state index contributed by atoms with van der Waals surface area (Å²) in [4.78, 5) is 12.0. The van der Waals surface area contributed by atoms with Crippen LogP contribution in [0.25, 0.3) is 0 Å². The maximum Gasteiger partial charge on any atom is 0.275 e. The van der Waals surface area contributed by atoms with Crippen molar-refractivity contribution in [2.75, 3.05) is 0 Å². The SMILES string of the molecule is CC(=C=CC(C)(C)C=NNC(=O)c1ccccc1O)CCC=C(C)C. The lowest BCUT2D eigenvalue weighted by atomic mass is 9.95. The molecule has 25 heavy (non-hydrogen) atoms. The van der Waals surface area contributed by atoms with Crippen LogP contribution in [0.1, 0.15) is 57.8 Å². The minimum Gasteiger partial charge on any atom is -0.507 e. The van der Waals surface area contributed by atoms with Crippen LogP contribution in [-0.4, -0.2) is 17.2 Å². The van der Waals surface area contributed by atoms with Crippen molar-refractivity contribution in [3.05, 3.63) is 58.9 Å². The molecule has 1 aromatic carbocycles. The van der Waals surface area contributed by atoms with Crippen molar-refractivity contribution < 1.29 is 9.90 Å². The van der Waals surface area contributed by atoms with E-state index in [0.717, 1.165) is 12.8 Å². The highest BCUT2D eigenvalue weighted by Crippen LogP contribution is 2.16. The van der Waals surface area contributed by atoms with Gasteiger partial charge in [-0.3, -0.25) is 4.79 Å². The van der Waals surface area contributed by atoms with Crippen molar-refractivity contribution in [3.63, 3.8) is 0 Å². The van der Waals surface area contributed by atoms with Crippen molar-refractivity contribution in [2.45, 2.75) is 47.5 Å². The highest BCUT2D eigenvalue weighted by Gasteiger charge is 2.12. The number of phenolic OH excluding ortho intramolecular Hbond substituents is 1. The number of hydrogen-bond acceptors (Lipinski definition) is 3. The summed E-state index contributed by atoms with van der Waals surface area (Å²) in [5.74, 6) is -0.508. The zero-order chi connectivity index (χ0) is 18.9. The third-order valence-corrected chi connectivity index (χ3v) is 3.47. The molecule has 0 atom stereocenters. The molecule has 0 saturated heterocycles. The second kappa shape index (κ2) is 9.65. The Hall–Kier alpha value is -2.58. The molecule has 4 heteroatoms. The third kappa shape index (κ3) is 8.18. The van der Waals surface area contributed by atoms with E-state index < -0.39 is 5.91 Å². The number of nitrogens with zero attached hydrogens (tertiary/aromatic N) is 1. The highest BCUT2D eigenvalue weighted by molar-refractivity contribution is 5.96. The first kappa shape index (κ1) is 20.5. The molecule has 134 valence electrons. The molecule has 0 spiro atoms. The summed E-state index contributed by atoms with van der Waals surface area (Å²) in [5.41, 5.74) is 8.09. The number of allylic oxidation sites excluding steroid dienone is 3. The van der Waals surface area contributed by atoms with Crippen LogP contribution in [-0.2, 0) is 0 Å². The lowest BCUT2D eigenvalue weighted by Crippen LogP contribution is -2.20. The van der Waals surface area contributed by atoms with E-state index in [2.05, 4.69) is 43.1 Å². The van der Waals surface area contributed by atoms with Crippen molar-refractivity contribution in [1.82, 2.24) is 5.43 Å². The van der Waals surface area contributed by atoms with E-state index in [4.69, 9.17) is 0 Å². The van der Waals surface area contributed by atoms with E-state index in [-0.39, 0.29) is 16.7 Å². The van der Waals surface area contributed by atoms with Crippen molar-refractivity contribution in [3.8, 4) is 5.75 Å². The Morgan fingerprint density at radius 3 is 2.60 bits per heavy atom. The van der Waals surface area contributed by atoms with Crippen LogP contribution in [0.3, 0.4) is 0 Å². The van der Waals surface area contributed by atoms with Crippen molar-refractivity contribution in [2.24, 2.45) is 10.5 Å².